The Morgan fingerprint density at radius 2 is 1.65 bits per heavy atom. The van der Waals surface area contributed by atoms with E-state index in [-0.39, 0.29) is 43.6 Å². The van der Waals surface area contributed by atoms with E-state index in [1.54, 1.807) is 31.2 Å². The van der Waals surface area contributed by atoms with E-state index in [9.17, 15) is 18.4 Å². The maximum Gasteiger partial charge on any atom is 0.306 e. The van der Waals surface area contributed by atoms with Crippen molar-refractivity contribution in [2.24, 2.45) is 5.41 Å². The molecule has 1 atom stereocenters. The normalized spacial score (nSPS) is 12.5. The summed E-state index contributed by atoms with van der Waals surface area (Å²) >= 11 is 0. The van der Waals surface area contributed by atoms with Gasteiger partial charge in [-0.1, -0.05) is 62.4 Å². The SMILES string of the molecule is CCC(C)(CNC(=O)c1cc(C)nc2c(OCc3c(F)cccc3F)cccc12)CC(=O)OCc1ccccc1. The van der Waals surface area contributed by atoms with Gasteiger partial charge in [0.15, 0.2) is 0 Å². The molecule has 1 N–H and O–H groups in total. The lowest BCUT2D eigenvalue weighted by atomic mass is 9.84. The highest BCUT2D eigenvalue weighted by atomic mass is 19.1. The minimum Gasteiger partial charge on any atom is -0.486 e. The van der Waals surface area contributed by atoms with Crippen LogP contribution in [0, 0.1) is 24.0 Å². The fraction of sp³-hybridized carbons (Fsp3) is 0.281. The summed E-state index contributed by atoms with van der Waals surface area (Å²) < 4.78 is 39.4. The first-order valence-electron chi connectivity index (χ1n) is 13.1. The number of pyridine rings is 1. The Hall–Kier alpha value is -4.33. The number of halogens is 2. The molecule has 0 bridgehead atoms. The largest absolute Gasteiger partial charge is 0.486 e. The van der Waals surface area contributed by atoms with Crippen molar-refractivity contribution in [3.8, 4) is 5.75 Å². The lowest BCUT2D eigenvalue weighted by Crippen LogP contribution is -2.37. The average molecular weight is 547 g/mol. The van der Waals surface area contributed by atoms with Crippen LogP contribution in [0.15, 0.2) is 72.8 Å². The van der Waals surface area contributed by atoms with Crippen LogP contribution in [0.1, 0.15) is 53.9 Å². The molecule has 4 rings (SSSR count). The van der Waals surface area contributed by atoms with E-state index >= 15 is 0 Å². The fourth-order valence-corrected chi connectivity index (χ4v) is 4.31. The fourth-order valence-electron chi connectivity index (χ4n) is 4.31. The van der Waals surface area contributed by atoms with E-state index in [1.807, 2.05) is 44.2 Å². The van der Waals surface area contributed by atoms with Crippen molar-refractivity contribution >= 4 is 22.8 Å². The topological polar surface area (TPSA) is 77.5 Å². The second-order valence-electron chi connectivity index (χ2n) is 10.1. The second-order valence-corrected chi connectivity index (χ2v) is 10.1. The van der Waals surface area contributed by atoms with E-state index < -0.39 is 17.0 Å². The number of para-hydroxylation sites is 1. The number of hydrogen-bond acceptors (Lipinski definition) is 5. The molecule has 208 valence electrons. The molecule has 0 aliphatic rings. The maximum absolute atomic E-state index is 14.1. The number of esters is 1. The van der Waals surface area contributed by atoms with Crippen LogP contribution in [0.3, 0.4) is 0 Å². The molecule has 1 aromatic heterocycles. The summed E-state index contributed by atoms with van der Waals surface area (Å²) in [5, 5.41) is 3.50. The van der Waals surface area contributed by atoms with Crippen LogP contribution in [0.4, 0.5) is 8.78 Å². The number of rotatable bonds is 11. The predicted molar refractivity (Wildman–Crippen MR) is 149 cm³/mol. The zero-order valence-electron chi connectivity index (χ0n) is 22.8. The highest BCUT2D eigenvalue weighted by molar-refractivity contribution is 6.07. The Kier molecular flexibility index (Phi) is 9.09. The molecule has 0 radical (unpaired) electrons. The Balaban J connectivity index is 1.46. The molecule has 1 heterocycles. The minimum absolute atomic E-state index is 0.150. The van der Waals surface area contributed by atoms with Crippen molar-refractivity contribution in [3.63, 3.8) is 0 Å². The molecule has 0 aliphatic heterocycles. The van der Waals surface area contributed by atoms with Gasteiger partial charge in [-0.05, 0) is 48.6 Å². The summed E-state index contributed by atoms with van der Waals surface area (Å²) in [6.45, 7) is 5.77. The lowest BCUT2D eigenvalue weighted by Gasteiger charge is -2.27. The smallest absolute Gasteiger partial charge is 0.306 e. The number of nitrogens with one attached hydrogen (secondary N) is 1. The number of amides is 1. The molecular weight excluding hydrogens is 514 g/mol. The molecule has 40 heavy (non-hydrogen) atoms. The molecule has 4 aromatic rings. The van der Waals surface area contributed by atoms with Crippen molar-refractivity contribution in [2.75, 3.05) is 6.54 Å². The van der Waals surface area contributed by atoms with Crippen LogP contribution in [0.2, 0.25) is 0 Å². The molecule has 3 aromatic carbocycles. The molecule has 0 spiro atoms. The molecule has 1 amide bonds. The molecule has 6 nitrogen and oxygen atoms in total. The molecule has 0 fully saturated rings. The monoisotopic (exact) mass is 546 g/mol. The van der Waals surface area contributed by atoms with E-state index in [0.717, 1.165) is 5.56 Å². The van der Waals surface area contributed by atoms with Crippen LogP contribution in [-0.2, 0) is 22.7 Å². The van der Waals surface area contributed by atoms with Crippen molar-refractivity contribution in [1.82, 2.24) is 10.3 Å². The first-order valence-corrected chi connectivity index (χ1v) is 13.1. The van der Waals surface area contributed by atoms with E-state index in [1.165, 1.54) is 18.2 Å². The number of ether oxygens (including phenoxy) is 2. The first-order chi connectivity index (χ1) is 19.2. The van der Waals surface area contributed by atoms with Crippen molar-refractivity contribution < 1.29 is 27.8 Å². The summed E-state index contributed by atoms with van der Waals surface area (Å²) in [5.74, 6) is -1.76. The number of aryl methyl sites for hydroxylation is 1. The third kappa shape index (κ3) is 7.00. The van der Waals surface area contributed by atoms with Crippen molar-refractivity contribution in [1.29, 1.82) is 0 Å². The molecule has 0 saturated carbocycles. The molecule has 1 unspecified atom stereocenters. The van der Waals surface area contributed by atoms with Gasteiger partial charge in [-0.2, -0.15) is 0 Å². The number of carbonyl (C=O) groups excluding carboxylic acids is 2. The zero-order valence-corrected chi connectivity index (χ0v) is 22.8. The third-order valence-corrected chi connectivity index (χ3v) is 6.95. The summed E-state index contributed by atoms with van der Waals surface area (Å²) in [4.78, 5) is 30.5. The van der Waals surface area contributed by atoms with Gasteiger partial charge in [0.1, 0.15) is 36.1 Å². The third-order valence-electron chi connectivity index (χ3n) is 6.95. The van der Waals surface area contributed by atoms with Gasteiger partial charge >= 0.3 is 5.97 Å². The van der Waals surface area contributed by atoms with Crippen LogP contribution in [0.5, 0.6) is 5.75 Å². The Morgan fingerprint density at radius 3 is 2.35 bits per heavy atom. The van der Waals surface area contributed by atoms with Crippen LogP contribution in [-0.4, -0.2) is 23.4 Å². The summed E-state index contributed by atoms with van der Waals surface area (Å²) in [7, 11) is 0. The van der Waals surface area contributed by atoms with Gasteiger partial charge in [-0.25, -0.2) is 13.8 Å². The van der Waals surface area contributed by atoms with Crippen LogP contribution in [0.25, 0.3) is 10.9 Å². The molecule has 8 heteroatoms. The van der Waals surface area contributed by atoms with Crippen molar-refractivity contribution in [3.05, 3.63) is 107 Å². The quantitative estimate of drug-likeness (QED) is 0.212. The highest BCUT2D eigenvalue weighted by Crippen LogP contribution is 2.30. The maximum atomic E-state index is 14.1. The van der Waals surface area contributed by atoms with E-state index in [0.29, 0.717) is 34.3 Å². The van der Waals surface area contributed by atoms with Gasteiger partial charge < -0.3 is 14.8 Å². The summed E-state index contributed by atoms with van der Waals surface area (Å²) in [6, 6.07) is 19.8. The first kappa shape index (κ1) is 28.7. The number of hydrogen-bond donors (Lipinski definition) is 1. The van der Waals surface area contributed by atoms with E-state index in [2.05, 4.69) is 10.3 Å². The standard InChI is InChI=1S/C32H32F2N2O4/c1-4-32(3,17-29(37)40-18-22-10-6-5-7-11-22)20-35-31(38)24-16-21(2)36-30-23(24)12-8-15-28(30)39-19-25-26(33)13-9-14-27(25)34/h5-16H,4,17-20H2,1-3H3,(H,35,38). The number of aromatic nitrogens is 1. The lowest BCUT2D eigenvalue weighted by molar-refractivity contribution is -0.147. The van der Waals surface area contributed by atoms with Gasteiger partial charge in [0.2, 0.25) is 0 Å². The van der Waals surface area contributed by atoms with Crippen LogP contribution < -0.4 is 10.1 Å². The Bertz CT molecular complexity index is 1490. The minimum atomic E-state index is -0.702. The Morgan fingerprint density at radius 1 is 0.950 bits per heavy atom. The van der Waals surface area contributed by atoms with Gasteiger partial charge in [0.25, 0.3) is 5.91 Å². The second kappa shape index (κ2) is 12.7. The van der Waals surface area contributed by atoms with E-state index in [4.69, 9.17) is 9.47 Å². The molecule has 0 saturated heterocycles. The number of benzene rings is 3. The van der Waals surface area contributed by atoms with Gasteiger partial charge in [0.05, 0.1) is 17.5 Å². The average Bonchev–Trinajstić information content (AvgIpc) is 2.95. The Labute approximate surface area is 232 Å². The predicted octanol–water partition coefficient (Wildman–Crippen LogP) is 6.68. The van der Waals surface area contributed by atoms with Gasteiger partial charge in [0, 0.05) is 17.6 Å². The number of carbonyl (C=O) groups is 2. The van der Waals surface area contributed by atoms with Crippen molar-refractivity contribution in [2.45, 2.75) is 46.8 Å². The molecular formula is C32H32F2N2O4. The highest BCUT2D eigenvalue weighted by Gasteiger charge is 2.28. The van der Waals surface area contributed by atoms with Crippen LogP contribution >= 0.6 is 0 Å². The summed E-state index contributed by atoms with van der Waals surface area (Å²) in [6.07, 6.45) is 0.797. The van der Waals surface area contributed by atoms with Gasteiger partial charge in [-0.3, -0.25) is 9.59 Å². The number of nitrogens with zero attached hydrogens (tertiary/aromatic N) is 1. The number of fused-ring (bicyclic) bond motifs is 1. The summed E-state index contributed by atoms with van der Waals surface area (Å²) in [5.41, 5.74) is 1.58. The molecule has 0 aliphatic carbocycles. The van der Waals surface area contributed by atoms with Gasteiger partial charge in [-0.15, -0.1) is 0 Å². The zero-order chi connectivity index (χ0) is 28.7.